The van der Waals surface area contributed by atoms with E-state index in [4.69, 9.17) is 5.73 Å². The smallest absolute Gasteiger partial charge is 0.224 e. The van der Waals surface area contributed by atoms with Crippen molar-refractivity contribution in [1.82, 2.24) is 19.7 Å². The molecule has 0 fully saturated rings. The maximum absolute atomic E-state index is 12.3. The molecule has 6 nitrogen and oxygen atoms in total. The average Bonchev–Trinajstić information content (AvgIpc) is 3.03. The van der Waals surface area contributed by atoms with Crippen molar-refractivity contribution in [3.8, 4) is 0 Å². The van der Waals surface area contributed by atoms with Crippen molar-refractivity contribution in [2.75, 3.05) is 19.6 Å². The van der Waals surface area contributed by atoms with Crippen molar-refractivity contribution in [1.29, 1.82) is 0 Å². The Morgan fingerprint density at radius 2 is 2.00 bits per heavy atom. The van der Waals surface area contributed by atoms with Crippen molar-refractivity contribution >= 4 is 18.3 Å². The molecule has 2 N–H and O–H groups in total. The Labute approximate surface area is 136 Å². The Bertz CT molecular complexity index is 532. The van der Waals surface area contributed by atoms with E-state index in [1.807, 2.05) is 23.1 Å². The fraction of sp³-hybridized carbons (Fsp3) is 0.400. The summed E-state index contributed by atoms with van der Waals surface area (Å²) in [6.45, 7) is 2.30. The van der Waals surface area contributed by atoms with Crippen LogP contribution in [0.1, 0.15) is 12.0 Å². The van der Waals surface area contributed by atoms with Gasteiger partial charge in [0.1, 0.15) is 12.7 Å². The van der Waals surface area contributed by atoms with Crippen molar-refractivity contribution in [2.24, 2.45) is 5.73 Å². The molecule has 0 radical (unpaired) electrons. The van der Waals surface area contributed by atoms with Crippen LogP contribution < -0.4 is 5.73 Å². The average molecular weight is 324 g/mol. The van der Waals surface area contributed by atoms with E-state index in [1.54, 1.807) is 11.0 Å². The lowest BCUT2D eigenvalue weighted by atomic mass is 10.1. The van der Waals surface area contributed by atoms with E-state index in [0.717, 1.165) is 6.42 Å². The fourth-order valence-corrected chi connectivity index (χ4v) is 2.14. The van der Waals surface area contributed by atoms with Crippen LogP contribution in [0.5, 0.6) is 0 Å². The predicted octanol–water partition coefficient (Wildman–Crippen LogP) is 1.12. The third kappa shape index (κ3) is 5.83. The minimum absolute atomic E-state index is 0. The van der Waals surface area contributed by atoms with Crippen LogP contribution >= 0.6 is 12.4 Å². The van der Waals surface area contributed by atoms with Crippen molar-refractivity contribution < 1.29 is 4.79 Å². The van der Waals surface area contributed by atoms with Crippen LogP contribution in [0.2, 0.25) is 0 Å². The number of aromatic nitrogens is 3. The van der Waals surface area contributed by atoms with Gasteiger partial charge in [-0.1, -0.05) is 30.3 Å². The SMILES string of the molecule is Cl.NCCN(CCc1ccccc1)C(=O)CCn1cncn1. The number of rotatable bonds is 8. The highest BCUT2D eigenvalue weighted by atomic mass is 35.5. The largest absolute Gasteiger partial charge is 0.341 e. The van der Waals surface area contributed by atoms with E-state index in [1.165, 1.54) is 11.9 Å². The standard InChI is InChI=1S/C15H21N5O.ClH/c16-8-11-19(9-6-14-4-2-1-3-5-14)15(21)7-10-20-13-17-12-18-20;/h1-5,12-13H,6-11,16H2;1H. The van der Waals surface area contributed by atoms with Crippen molar-refractivity contribution in [3.05, 3.63) is 48.5 Å². The Hall–Kier alpha value is -1.92. The lowest BCUT2D eigenvalue weighted by molar-refractivity contribution is -0.131. The second-order valence-corrected chi connectivity index (χ2v) is 4.81. The van der Waals surface area contributed by atoms with E-state index in [0.29, 0.717) is 32.6 Å². The number of nitrogens with zero attached hydrogens (tertiary/aromatic N) is 4. The third-order valence-electron chi connectivity index (χ3n) is 3.29. The molecule has 2 aromatic rings. The highest BCUT2D eigenvalue weighted by molar-refractivity contribution is 5.85. The first kappa shape index (κ1) is 18.1. The minimum Gasteiger partial charge on any atom is -0.341 e. The van der Waals surface area contributed by atoms with Gasteiger partial charge in [0.15, 0.2) is 0 Å². The number of nitrogens with two attached hydrogens (primary N) is 1. The molecule has 1 amide bonds. The van der Waals surface area contributed by atoms with Gasteiger partial charge in [0.25, 0.3) is 0 Å². The Morgan fingerprint density at radius 3 is 2.64 bits per heavy atom. The molecule has 0 aliphatic rings. The molecule has 0 saturated heterocycles. The van der Waals surface area contributed by atoms with Gasteiger partial charge in [0.05, 0.1) is 6.54 Å². The van der Waals surface area contributed by atoms with Gasteiger partial charge in [-0.2, -0.15) is 5.10 Å². The van der Waals surface area contributed by atoms with Crippen LogP contribution in [0.25, 0.3) is 0 Å². The molecular formula is C15H22ClN5O. The van der Waals surface area contributed by atoms with Gasteiger partial charge < -0.3 is 10.6 Å². The van der Waals surface area contributed by atoms with Crippen LogP contribution in [-0.2, 0) is 17.8 Å². The summed E-state index contributed by atoms with van der Waals surface area (Å²) in [6.07, 6.45) is 4.34. The van der Waals surface area contributed by atoms with E-state index in [2.05, 4.69) is 22.2 Å². The zero-order valence-corrected chi connectivity index (χ0v) is 13.3. The summed E-state index contributed by atoms with van der Waals surface area (Å²) in [5.74, 6) is 0.104. The summed E-state index contributed by atoms with van der Waals surface area (Å²) in [7, 11) is 0. The zero-order valence-electron chi connectivity index (χ0n) is 12.5. The van der Waals surface area contributed by atoms with Crippen molar-refractivity contribution in [2.45, 2.75) is 19.4 Å². The molecule has 0 spiro atoms. The summed E-state index contributed by atoms with van der Waals surface area (Å²) >= 11 is 0. The van der Waals surface area contributed by atoms with Gasteiger partial charge >= 0.3 is 0 Å². The molecule has 1 aromatic carbocycles. The van der Waals surface area contributed by atoms with E-state index < -0.39 is 0 Å². The van der Waals surface area contributed by atoms with Gasteiger partial charge in [-0.15, -0.1) is 12.4 Å². The Morgan fingerprint density at radius 1 is 1.23 bits per heavy atom. The quantitative estimate of drug-likeness (QED) is 0.789. The molecule has 2 rings (SSSR count). The summed E-state index contributed by atoms with van der Waals surface area (Å²) < 4.78 is 1.66. The molecule has 0 unspecified atom stereocenters. The van der Waals surface area contributed by atoms with Gasteiger partial charge in [-0.05, 0) is 12.0 Å². The van der Waals surface area contributed by atoms with Crippen molar-refractivity contribution in [3.63, 3.8) is 0 Å². The fourth-order valence-electron chi connectivity index (χ4n) is 2.14. The maximum Gasteiger partial charge on any atom is 0.224 e. The van der Waals surface area contributed by atoms with Crippen LogP contribution in [0.15, 0.2) is 43.0 Å². The number of hydrogen-bond acceptors (Lipinski definition) is 4. The molecule has 0 aliphatic carbocycles. The number of carbonyl (C=O) groups is 1. The molecule has 22 heavy (non-hydrogen) atoms. The molecule has 1 heterocycles. The first-order chi connectivity index (χ1) is 10.3. The summed E-state index contributed by atoms with van der Waals surface area (Å²) in [5, 5.41) is 4.00. The summed E-state index contributed by atoms with van der Waals surface area (Å²) in [5.41, 5.74) is 6.83. The topological polar surface area (TPSA) is 77.0 Å². The number of amides is 1. The van der Waals surface area contributed by atoms with Gasteiger partial charge in [0.2, 0.25) is 5.91 Å². The molecule has 7 heteroatoms. The maximum atomic E-state index is 12.3. The molecular weight excluding hydrogens is 302 g/mol. The van der Waals surface area contributed by atoms with Crippen LogP contribution in [-0.4, -0.2) is 45.2 Å². The van der Waals surface area contributed by atoms with Crippen LogP contribution in [0.3, 0.4) is 0 Å². The van der Waals surface area contributed by atoms with Gasteiger partial charge in [0, 0.05) is 26.1 Å². The zero-order chi connectivity index (χ0) is 14.9. The lowest BCUT2D eigenvalue weighted by Crippen LogP contribution is -2.37. The van der Waals surface area contributed by atoms with Gasteiger partial charge in [-0.3, -0.25) is 9.48 Å². The van der Waals surface area contributed by atoms with Crippen LogP contribution in [0, 0.1) is 0 Å². The van der Waals surface area contributed by atoms with E-state index >= 15 is 0 Å². The minimum atomic E-state index is 0. The molecule has 0 bridgehead atoms. The third-order valence-corrected chi connectivity index (χ3v) is 3.29. The van der Waals surface area contributed by atoms with Crippen LogP contribution in [0.4, 0.5) is 0 Å². The molecule has 0 atom stereocenters. The second-order valence-electron chi connectivity index (χ2n) is 4.81. The summed E-state index contributed by atoms with van der Waals surface area (Å²) in [6, 6.07) is 10.1. The number of hydrogen-bond donors (Lipinski definition) is 1. The molecule has 120 valence electrons. The number of halogens is 1. The van der Waals surface area contributed by atoms with Gasteiger partial charge in [-0.25, -0.2) is 4.98 Å². The first-order valence-corrected chi connectivity index (χ1v) is 7.14. The second kappa shape index (κ2) is 9.92. The normalized spacial score (nSPS) is 10.0. The monoisotopic (exact) mass is 323 g/mol. The lowest BCUT2D eigenvalue weighted by Gasteiger charge is -2.22. The molecule has 0 saturated carbocycles. The number of aryl methyl sites for hydroxylation is 1. The van der Waals surface area contributed by atoms with E-state index in [-0.39, 0.29) is 18.3 Å². The highest BCUT2D eigenvalue weighted by Gasteiger charge is 2.12. The first-order valence-electron chi connectivity index (χ1n) is 7.14. The Balaban J connectivity index is 0.00000242. The predicted molar refractivity (Wildman–Crippen MR) is 87.7 cm³/mol. The summed E-state index contributed by atoms with van der Waals surface area (Å²) in [4.78, 5) is 17.9. The Kier molecular flexibility index (Phi) is 8.17. The highest BCUT2D eigenvalue weighted by Crippen LogP contribution is 2.03. The van der Waals surface area contributed by atoms with E-state index in [9.17, 15) is 4.79 Å². The number of benzene rings is 1. The number of carbonyl (C=O) groups excluding carboxylic acids is 1. The molecule has 0 aliphatic heterocycles. The molecule has 1 aromatic heterocycles.